The second-order valence-corrected chi connectivity index (χ2v) is 5.62. The fourth-order valence-corrected chi connectivity index (χ4v) is 1.96. The molecule has 1 amide bonds. The minimum absolute atomic E-state index is 0.0112. The Morgan fingerprint density at radius 1 is 1.17 bits per heavy atom. The van der Waals surface area contributed by atoms with Gasteiger partial charge in [0.2, 0.25) is 0 Å². The van der Waals surface area contributed by atoms with E-state index in [2.05, 4.69) is 27.7 Å². The number of hydrogen-bond acceptors (Lipinski definition) is 2. The molecule has 0 radical (unpaired) electrons. The van der Waals surface area contributed by atoms with Gasteiger partial charge in [0.15, 0.2) is 5.76 Å². The molecule has 3 nitrogen and oxygen atoms in total. The molecule has 0 aliphatic heterocycles. The van der Waals surface area contributed by atoms with Crippen molar-refractivity contribution in [3.05, 3.63) is 23.7 Å². The zero-order chi connectivity index (χ0) is 13.7. The molecule has 0 atom stereocenters. The summed E-state index contributed by atoms with van der Waals surface area (Å²) in [5.74, 6) is 2.28. The van der Waals surface area contributed by atoms with E-state index in [0.29, 0.717) is 17.6 Å². The number of hydrogen-bond donors (Lipinski definition) is 0. The van der Waals surface area contributed by atoms with Crippen LogP contribution in [0, 0.1) is 11.8 Å². The first-order valence-corrected chi connectivity index (χ1v) is 6.82. The van der Waals surface area contributed by atoms with Gasteiger partial charge < -0.3 is 9.32 Å². The van der Waals surface area contributed by atoms with Crippen LogP contribution in [0.1, 0.15) is 50.9 Å². The van der Waals surface area contributed by atoms with E-state index in [1.54, 1.807) is 6.07 Å². The van der Waals surface area contributed by atoms with Crippen molar-refractivity contribution in [2.75, 3.05) is 13.1 Å². The van der Waals surface area contributed by atoms with Crippen molar-refractivity contribution >= 4 is 5.91 Å². The molecule has 1 aromatic rings. The summed E-state index contributed by atoms with van der Waals surface area (Å²) in [4.78, 5) is 14.3. The van der Waals surface area contributed by atoms with E-state index in [4.69, 9.17) is 4.42 Å². The number of carbonyl (C=O) groups excluding carboxylic acids is 1. The Balaban J connectivity index is 2.80. The maximum Gasteiger partial charge on any atom is 0.289 e. The van der Waals surface area contributed by atoms with Gasteiger partial charge in [-0.15, -0.1) is 0 Å². The first-order valence-electron chi connectivity index (χ1n) is 6.82. The molecule has 0 aliphatic carbocycles. The van der Waals surface area contributed by atoms with Crippen molar-refractivity contribution in [3.63, 3.8) is 0 Å². The fraction of sp³-hybridized carbons (Fsp3) is 0.667. The van der Waals surface area contributed by atoms with Crippen LogP contribution in [-0.2, 0) is 6.42 Å². The lowest BCUT2D eigenvalue weighted by atomic mass is 10.1. The molecule has 0 fully saturated rings. The molecule has 0 aliphatic rings. The highest BCUT2D eigenvalue weighted by Crippen LogP contribution is 2.14. The highest BCUT2D eigenvalue weighted by molar-refractivity contribution is 5.91. The van der Waals surface area contributed by atoms with E-state index >= 15 is 0 Å². The first-order chi connectivity index (χ1) is 8.43. The van der Waals surface area contributed by atoms with Crippen LogP contribution < -0.4 is 0 Å². The molecule has 18 heavy (non-hydrogen) atoms. The predicted molar refractivity (Wildman–Crippen MR) is 73.7 cm³/mol. The molecule has 0 aromatic carbocycles. The van der Waals surface area contributed by atoms with E-state index in [1.807, 2.05) is 17.9 Å². The topological polar surface area (TPSA) is 33.5 Å². The molecule has 1 heterocycles. The molecule has 0 bridgehead atoms. The van der Waals surface area contributed by atoms with Crippen molar-refractivity contribution in [1.29, 1.82) is 0 Å². The SMILES string of the molecule is CCc1ccc(C(=O)N(CC(C)C)CC(C)C)o1. The van der Waals surface area contributed by atoms with Crippen LogP contribution in [0.15, 0.2) is 16.5 Å². The first kappa shape index (κ1) is 14.8. The largest absolute Gasteiger partial charge is 0.456 e. The molecule has 3 heteroatoms. The van der Waals surface area contributed by atoms with Gasteiger partial charge in [0.25, 0.3) is 5.91 Å². The second kappa shape index (κ2) is 6.62. The van der Waals surface area contributed by atoms with Gasteiger partial charge in [-0.1, -0.05) is 34.6 Å². The van der Waals surface area contributed by atoms with Crippen molar-refractivity contribution in [2.24, 2.45) is 11.8 Å². The zero-order valence-corrected chi connectivity index (χ0v) is 12.2. The third kappa shape index (κ3) is 4.21. The molecule has 0 N–H and O–H groups in total. The van der Waals surface area contributed by atoms with Gasteiger partial charge in [-0.25, -0.2) is 0 Å². The average molecular weight is 251 g/mol. The van der Waals surface area contributed by atoms with Crippen molar-refractivity contribution in [1.82, 2.24) is 4.90 Å². The van der Waals surface area contributed by atoms with E-state index in [1.165, 1.54) is 0 Å². The second-order valence-electron chi connectivity index (χ2n) is 5.62. The summed E-state index contributed by atoms with van der Waals surface area (Å²) >= 11 is 0. The van der Waals surface area contributed by atoms with Crippen LogP contribution in [0.3, 0.4) is 0 Å². The third-order valence-electron chi connectivity index (χ3n) is 2.68. The fourth-order valence-electron chi connectivity index (χ4n) is 1.96. The van der Waals surface area contributed by atoms with Gasteiger partial charge in [0.1, 0.15) is 5.76 Å². The summed E-state index contributed by atoms with van der Waals surface area (Å²) in [6.45, 7) is 12.1. The van der Waals surface area contributed by atoms with E-state index < -0.39 is 0 Å². The summed E-state index contributed by atoms with van der Waals surface area (Å²) in [6.07, 6.45) is 0.821. The summed E-state index contributed by atoms with van der Waals surface area (Å²) in [6, 6.07) is 3.67. The quantitative estimate of drug-likeness (QED) is 0.774. The average Bonchev–Trinajstić information content (AvgIpc) is 2.74. The van der Waals surface area contributed by atoms with Crippen molar-refractivity contribution < 1.29 is 9.21 Å². The Bertz CT molecular complexity index is 370. The number of nitrogens with zero attached hydrogens (tertiary/aromatic N) is 1. The van der Waals surface area contributed by atoms with Gasteiger partial charge in [0, 0.05) is 19.5 Å². The monoisotopic (exact) mass is 251 g/mol. The lowest BCUT2D eigenvalue weighted by Crippen LogP contribution is -2.36. The Labute approximate surface area is 110 Å². The van der Waals surface area contributed by atoms with Gasteiger partial charge in [0.05, 0.1) is 0 Å². The summed E-state index contributed by atoms with van der Waals surface area (Å²) < 4.78 is 5.55. The van der Waals surface area contributed by atoms with Crippen LogP contribution >= 0.6 is 0 Å². The Morgan fingerprint density at radius 3 is 2.11 bits per heavy atom. The van der Waals surface area contributed by atoms with Crippen LogP contribution in [0.25, 0.3) is 0 Å². The van der Waals surface area contributed by atoms with Gasteiger partial charge in [-0.2, -0.15) is 0 Å². The Morgan fingerprint density at radius 2 is 1.72 bits per heavy atom. The molecule has 0 spiro atoms. The Hall–Kier alpha value is -1.25. The summed E-state index contributed by atoms with van der Waals surface area (Å²) in [5.41, 5.74) is 0. The van der Waals surface area contributed by atoms with Crippen LogP contribution in [-0.4, -0.2) is 23.9 Å². The lowest BCUT2D eigenvalue weighted by molar-refractivity contribution is 0.0681. The summed E-state index contributed by atoms with van der Waals surface area (Å²) in [7, 11) is 0. The molecule has 0 saturated carbocycles. The van der Waals surface area contributed by atoms with Crippen LogP contribution in [0.4, 0.5) is 0 Å². The predicted octanol–water partition coefficient (Wildman–Crippen LogP) is 3.60. The number of carbonyl (C=O) groups is 1. The maximum atomic E-state index is 12.4. The van der Waals surface area contributed by atoms with Crippen LogP contribution in [0.5, 0.6) is 0 Å². The molecule has 1 aromatic heterocycles. The number of aryl methyl sites for hydroxylation is 1. The van der Waals surface area contributed by atoms with Gasteiger partial charge in [-0.3, -0.25) is 4.79 Å². The van der Waals surface area contributed by atoms with Crippen LogP contribution in [0.2, 0.25) is 0 Å². The maximum absolute atomic E-state index is 12.4. The highest BCUT2D eigenvalue weighted by atomic mass is 16.4. The standard InChI is InChI=1S/C15H25NO2/c1-6-13-7-8-14(18-13)15(17)16(9-11(2)3)10-12(4)5/h7-8,11-12H,6,9-10H2,1-5H3. The smallest absolute Gasteiger partial charge is 0.289 e. The third-order valence-corrected chi connectivity index (χ3v) is 2.68. The Kier molecular flexibility index (Phi) is 5.45. The highest BCUT2D eigenvalue weighted by Gasteiger charge is 2.20. The molecule has 0 unspecified atom stereocenters. The number of furan rings is 1. The molecule has 0 saturated heterocycles. The molecule has 102 valence electrons. The minimum atomic E-state index is 0.0112. The zero-order valence-electron chi connectivity index (χ0n) is 12.2. The number of rotatable bonds is 6. The van der Waals surface area contributed by atoms with Gasteiger partial charge >= 0.3 is 0 Å². The molecular formula is C15H25NO2. The minimum Gasteiger partial charge on any atom is -0.456 e. The van der Waals surface area contributed by atoms with E-state index in [-0.39, 0.29) is 5.91 Å². The summed E-state index contributed by atoms with van der Waals surface area (Å²) in [5, 5.41) is 0. The van der Waals surface area contributed by atoms with Crippen molar-refractivity contribution in [3.8, 4) is 0 Å². The number of amides is 1. The van der Waals surface area contributed by atoms with Crippen molar-refractivity contribution in [2.45, 2.75) is 41.0 Å². The normalized spacial score (nSPS) is 11.3. The van der Waals surface area contributed by atoms with Gasteiger partial charge in [-0.05, 0) is 24.0 Å². The van der Waals surface area contributed by atoms with E-state index in [0.717, 1.165) is 25.3 Å². The lowest BCUT2D eigenvalue weighted by Gasteiger charge is -2.25. The van der Waals surface area contributed by atoms with E-state index in [9.17, 15) is 4.79 Å². The molecule has 1 rings (SSSR count). The molecular weight excluding hydrogens is 226 g/mol.